The number of ether oxygens (including phenoxy) is 2. The summed E-state index contributed by atoms with van der Waals surface area (Å²) in [5.41, 5.74) is 1.70. The first-order valence-corrected chi connectivity index (χ1v) is 8.17. The molecule has 0 N–H and O–H groups in total. The molecular weight excluding hydrogens is 336 g/mol. The van der Waals surface area contributed by atoms with E-state index in [9.17, 15) is 14.9 Å². The predicted molar refractivity (Wildman–Crippen MR) is 95.8 cm³/mol. The Kier molecular flexibility index (Phi) is 5.17. The standard InChI is InChI=1S/C19H18N2O5/c1-2-20(12-15-5-9-17-18(11-15)26-13-25-17)19(22)10-6-14-3-7-16(8-4-14)21(23)24/h3-11H,2,12-13H2,1H3. The molecule has 134 valence electrons. The molecular formula is C19H18N2O5. The summed E-state index contributed by atoms with van der Waals surface area (Å²) in [6.45, 7) is 3.13. The molecule has 0 saturated heterocycles. The zero-order chi connectivity index (χ0) is 18.5. The van der Waals surface area contributed by atoms with Crippen LogP contribution in [0.15, 0.2) is 48.5 Å². The second-order valence-corrected chi connectivity index (χ2v) is 5.72. The van der Waals surface area contributed by atoms with Gasteiger partial charge in [0, 0.05) is 31.3 Å². The third-order valence-corrected chi connectivity index (χ3v) is 4.03. The van der Waals surface area contributed by atoms with Crippen LogP contribution in [0.5, 0.6) is 11.5 Å². The van der Waals surface area contributed by atoms with Crippen LogP contribution >= 0.6 is 0 Å². The number of amides is 1. The fraction of sp³-hybridized carbons (Fsp3) is 0.211. The Morgan fingerprint density at radius 1 is 1.19 bits per heavy atom. The van der Waals surface area contributed by atoms with Gasteiger partial charge >= 0.3 is 0 Å². The molecule has 0 fully saturated rings. The van der Waals surface area contributed by atoms with Crippen molar-refractivity contribution in [3.63, 3.8) is 0 Å². The number of likely N-dealkylation sites (N-methyl/N-ethyl adjacent to an activating group) is 1. The maximum atomic E-state index is 12.4. The Bertz CT molecular complexity index is 846. The van der Waals surface area contributed by atoms with Crippen LogP contribution in [0.1, 0.15) is 18.1 Å². The fourth-order valence-electron chi connectivity index (χ4n) is 2.59. The second-order valence-electron chi connectivity index (χ2n) is 5.72. The SMILES string of the molecule is CCN(Cc1ccc2c(c1)OCO2)C(=O)C=Cc1ccc([N+](=O)[O-])cc1. The third kappa shape index (κ3) is 4.00. The first-order chi connectivity index (χ1) is 12.6. The quantitative estimate of drug-likeness (QED) is 0.451. The molecule has 0 saturated carbocycles. The normalized spacial score (nSPS) is 12.3. The van der Waals surface area contributed by atoms with Gasteiger partial charge in [0.25, 0.3) is 5.69 Å². The number of fused-ring (bicyclic) bond motifs is 1. The molecule has 1 heterocycles. The summed E-state index contributed by atoms with van der Waals surface area (Å²) in [6.07, 6.45) is 3.12. The summed E-state index contributed by atoms with van der Waals surface area (Å²) in [4.78, 5) is 24.3. The Labute approximate surface area is 150 Å². The topological polar surface area (TPSA) is 81.9 Å². The summed E-state index contributed by atoms with van der Waals surface area (Å²) < 4.78 is 10.6. The Balaban J connectivity index is 1.65. The van der Waals surface area contributed by atoms with Crippen LogP contribution in [0.3, 0.4) is 0 Å². The molecule has 1 aliphatic rings. The van der Waals surface area contributed by atoms with Gasteiger partial charge < -0.3 is 14.4 Å². The van der Waals surface area contributed by atoms with Gasteiger partial charge in [-0.05, 0) is 48.4 Å². The van der Waals surface area contributed by atoms with Gasteiger partial charge in [-0.15, -0.1) is 0 Å². The van der Waals surface area contributed by atoms with E-state index in [4.69, 9.17) is 9.47 Å². The Hall–Kier alpha value is -3.35. The number of hydrogen-bond acceptors (Lipinski definition) is 5. The maximum Gasteiger partial charge on any atom is 0.269 e. The van der Waals surface area contributed by atoms with Crippen LogP contribution in [0, 0.1) is 10.1 Å². The van der Waals surface area contributed by atoms with Crippen LogP contribution in [-0.2, 0) is 11.3 Å². The summed E-state index contributed by atoms with van der Waals surface area (Å²) >= 11 is 0. The molecule has 0 aliphatic carbocycles. The highest BCUT2D eigenvalue weighted by Gasteiger charge is 2.15. The van der Waals surface area contributed by atoms with Crippen LogP contribution in [-0.4, -0.2) is 29.1 Å². The highest BCUT2D eigenvalue weighted by atomic mass is 16.7. The van der Waals surface area contributed by atoms with Gasteiger partial charge in [-0.2, -0.15) is 0 Å². The van der Waals surface area contributed by atoms with Crippen molar-refractivity contribution in [3.8, 4) is 11.5 Å². The lowest BCUT2D eigenvalue weighted by Gasteiger charge is -2.19. The molecule has 0 atom stereocenters. The largest absolute Gasteiger partial charge is 0.454 e. The van der Waals surface area contributed by atoms with E-state index in [0.29, 0.717) is 24.6 Å². The molecule has 0 bridgehead atoms. The first-order valence-electron chi connectivity index (χ1n) is 8.17. The van der Waals surface area contributed by atoms with E-state index in [2.05, 4.69) is 0 Å². The van der Waals surface area contributed by atoms with E-state index < -0.39 is 4.92 Å². The van der Waals surface area contributed by atoms with E-state index in [1.807, 2.05) is 25.1 Å². The maximum absolute atomic E-state index is 12.4. The minimum atomic E-state index is -0.456. The molecule has 2 aromatic rings. The summed E-state index contributed by atoms with van der Waals surface area (Å²) in [5, 5.41) is 10.7. The number of nitro benzene ring substituents is 1. The van der Waals surface area contributed by atoms with Crippen molar-refractivity contribution < 1.29 is 19.2 Å². The van der Waals surface area contributed by atoms with E-state index >= 15 is 0 Å². The Morgan fingerprint density at radius 2 is 1.92 bits per heavy atom. The van der Waals surface area contributed by atoms with Crippen LogP contribution in [0.25, 0.3) is 6.08 Å². The molecule has 0 spiro atoms. The van der Waals surface area contributed by atoms with Crippen molar-refractivity contribution in [3.05, 3.63) is 69.8 Å². The lowest BCUT2D eigenvalue weighted by molar-refractivity contribution is -0.384. The highest BCUT2D eigenvalue weighted by Crippen LogP contribution is 2.32. The van der Waals surface area contributed by atoms with Gasteiger partial charge in [0.05, 0.1) is 4.92 Å². The second kappa shape index (κ2) is 7.69. The van der Waals surface area contributed by atoms with Gasteiger partial charge in [0.15, 0.2) is 11.5 Å². The number of rotatable bonds is 6. The van der Waals surface area contributed by atoms with Crippen molar-refractivity contribution in [2.24, 2.45) is 0 Å². The lowest BCUT2D eigenvalue weighted by atomic mass is 10.1. The number of carbonyl (C=O) groups excluding carboxylic acids is 1. The monoisotopic (exact) mass is 354 g/mol. The average Bonchev–Trinajstić information content (AvgIpc) is 3.12. The van der Waals surface area contributed by atoms with Gasteiger partial charge in [-0.1, -0.05) is 6.07 Å². The minimum Gasteiger partial charge on any atom is -0.454 e. The molecule has 1 amide bonds. The van der Waals surface area contributed by atoms with E-state index in [-0.39, 0.29) is 18.4 Å². The van der Waals surface area contributed by atoms with E-state index in [1.165, 1.54) is 18.2 Å². The van der Waals surface area contributed by atoms with E-state index in [1.54, 1.807) is 23.1 Å². The molecule has 1 aliphatic heterocycles. The van der Waals surface area contributed by atoms with E-state index in [0.717, 1.165) is 11.1 Å². The fourth-order valence-corrected chi connectivity index (χ4v) is 2.59. The lowest BCUT2D eigenvalue weighted by Crippen LogP contribution is -2.28. The molecule has 0 radical (unpaired) electrons. The van der Waals surface area contributed by atoms with Crippen molar-refractivity contribution in [1.82, 2.24) is 4.90 Å². The van der Waals surface area contributed by atoms with Gasteiger partial charge in [-0.25, -0.2) is 0 Å². The number of non-ortho nitro benzene ring substituents is 1. The molecule has 0 aromatic heterocycles. The molecule has 3 rings (SSSR count). The molecule has 26 heavy (non-hydrogen) atoms. The van der Waals surface area contributed by atoms with Crippen LogP contribution in [0.2, 0.25) is 0 Å². The third-order valence-electron chi connectivity index (χ3n) is 4.03. The van der Waals surface area contributed by atoms with Crippen molar-refractivity contribution >= 4 is 17.7 Å². The van der Waals surface area contributed by atoms with Gasteiger partial charge in [-0.3, -0.25) is 14.9 Å². The minimum absolute atomic E-state index is 0.0199. The number of carbonyl (C=O) groups is 1. The number of nitro groups is 1. The predicted octanol–water partition coefficient (Wildman–Crippen LogP) is 3.39. The van der Waals surface area contributed by atoms with Crippen LogP contribution in [0.4, 0.5) is 5.69 Å². The van der Waals surface area contributed by atoms with Crippen molar-refractivity contribution in [2.75, 3.05) is 13.3 Å². The van der Waals surface area contributed by atoms with Gasteiger partial charge in [0.2, 0.25) is 12.7 Å². The summed E-state index contributed by atoms with van der Waals surface area (Å²) in [7, 11) is 0. The first kappa shape index (κ1) is 17.5. The smallest absolute Gasteiger partial charge is 0.269 e. The average molecular weight is 354 g/mol. The zero-order valence-electron chi connectivity index (χ0n) is 14.3. The van der Waals surface area contributed by atoms with Crippen LogP contribution < -0.4 is 9.47 Å². The Morgan fingerprint density at radius 3 is 2.62 bits per heavy atom. The molecule has 7 nitrogen and oxygen atoms in total. The molecule has 2 aromatic carbocycles. The number of nitrogens with zero attached hydrogens (tertiary/aromatic N) is 2. The number of benzene rings is 2. The highest BCUT2D eigenvalue weighted by molar-refractivity contribution is 5.91. The summed E-state index contributed by atoms with van der Waals surface area (Å²) in [5.74, 6) is 1.26. The number of hydrogen-bond donors (Lipinski definition) is 0. The van der Waals surface area contributed by atoms with Crippen molar-refractivity contribution in [2.45, 2.75) is 13.5 Å². The molecule has 0 unspecified atom stereocenters. The zero-order valence-corrected chi connectivity index (χ0v) is 14.3. The summed E-state index contributed by atoms with van der Waals surface area (Å²) in [6, 6.07) is 11.7. The molecule has 7 heteroatoms. The van der Waals surface area contributed by atoms with Crippen molar-refractivity contribution in [1.29, 1.82) is 0 Å². The van der Waals surface area contributed by atoms with Gasteiger partial charge in [0.1, 0.15) is 0 Å².